The maximum Gasteiger partial charge on any atom is 0.190 e. The number of nitrogens with one attached hydrogen (secondary N) is 2. The highest BCUT2D eigenvalue weighted by Gasteiger charge is 2.03. The van der Waals surface area contributed by atoms with Crippen molar-refractivity contribution in [3.05, 3.63) is 48.0 Å². The van der Waals surface area contributed by atoms with Crippen molar-refractivity contribution in [2.24, 2.45) is 4.99 Å². The van der Waals surface area contributed by atoms with Crippen LogP contribution >= 0.6 is 0 Å². The lowest BCUT2D eigenvalue weighted by Crippen LogP contribution is -2.39. The predicted octanol–water partition coefficient (Wildman–Crippen LogP) is 2.93. The van der Waals surface area contributed by atoms with Gasteiger partial charge in [-0.05, 0) is 43.2 Å². The number of aromatic nitrogens is 2. The number of guanidine groups is 1. The van der Waals surface area contributed by atoms with Gasteiger partial charge >= 0.3 is 0 Å². The molecular formula is C20H30FN5O. The van der Waals surface area contributed by atoms with E-state index in [0.717, 1.165) is 69.3 Å². The molecule has 1 aromatic heterocycles. The summed E-state index contributed by atoms with van der Waals surface area (Å²) in [6, 6.07) is 8.25. The van der Waals surface area contributed by atoms with Gasteiger partial charge in [0.2, 0.25) is 0 Å². The molecule has 2 aromatic rings. The molecule has 0 radical (unpaired) electrons. The Labute approximate surface area is 160 Å². The number of benzene rings is 1. The molecule has 1 aromatic carbocycles. The highest BCUT2D eigenvalue weighted by Crippen LogP contribution is 2.09. The Kier molecular flexibility index (Phi) is 9.34. The second-order valence-corrected chi connectivity index (χ2v) is 6.22. The standard InChI is InChI=1S/C20H30FN5O/c1-3-4-15-27-16-5-12-23-20(22-2)24-13-10-18-11-14-26(25-18)19-8-6-17(21)7-9-19/h6-9,11,14H,3-5,10,12-13,15-16H2,1-2H3,(H2,22,23,24). The van der Waals surface area contributed by atoms with Gasteiger partial charge in [-0.2, -0.15) is 5.10 Å². The first-order valence-electron chi connectivity index (χ1n) is 9.55. The summed E-state index contributed by atoms with van der Waals surface area (Å²) in [6.07, 6.45) is 5.89. The van der Waals surface area contributed by atoms with Crippen LogP contribution in [0, 0.1) is 5.82 Å². The first-order valence-corrected chi connectivity index (χ1v) is 9.55. The van der Waals surface area contributed by atoms with Crippen LogP contribution in [0.4, 0.5) is 4.39 Å². The van der Waals surface area contributed by atoms with Gasteiger partial charge in [0.1, 0.15) is 5.82 Å². The molecule has 0 amide bonds. The Morgan fingerprint density at radius 2 is 1.85 bits per heavy atom. The smallest absolute Gasteiger partial charge is 0.190 e. The van der Waals surface area contributed by atoms with Gasteiger partial charge in [0.05, 0.1) is 11.4 Å². The van der Waals surface area contributed by atoms with Crippen LogP contribution in [0.3, 0.4) is 0 Å². The summed E-state index contributed by atoms with van der Waals surface area (Å²) in [5, 5.41) is 11.1. The number of halogens is 1. The van der Waals surface area contributed by atoms with Gasteiger partial charge in [-0.1, -0.05) is 13.3 Å². The van der Waals surface area contributed by atoms with Gasteiger partial charge < -0.3 is 15.4 Å². The second kappa shape index (κ2) is 12.1. The third kappa shape index (κ3) is 7.78. The van der Waals surface area contributed by atoms with Gasteiger partial charge in [-0.25, -0.2) is 9.07 Å². The minimum Gasteiger partial charge on any atom is -0.381 e. The lowest BCUT2D eigenvalue weighted by molar-refractivity contribution is 0.129. The highest BCUT2D eigenvalue weighted by atomic mass is 19.1. The largest absolute Gasteiger partial charge is 0.381 e. The summed E-state index contributed by atoms with van der Waals surface area (Å²) in [5.41, 5.74) is 1.81. The van der Waals surface area contributed by atoms with Crippen LogP contribution in [-0.4, -0.2) is 49.1 Å². The topological polar surface area (TPSA) is 63.5 Å². The molecule has 2 N–H and O–H groups in total. The monoisotopic (exact) mass is 375 g/mol. The molecule has 0 saturated heterocycles. The zero-order valence-corrected chi connectivity index (χ0v) is 16.2. The quantitative estimate of drug-likeness (QED) is 0.360. The maximum atomic E-state index is 13.0. The zero-order valence-electron chi connectivity index (χ0n) is 16.2. The summed E-state index contributed by atoms with van der Waals surface area (Å²) < 4.78 is 20.3. The number of rotatable bonds is 11. The van der Waals surface area contributed by atoms with E-state index in [0.29, 0.717) is 0 Å². The second-order valence-electron chi connectivity index (χ2n) is 6.22. The third-order valence-electron chi connectivity index (χ3n) is 4.03. The van der Waals surface area contributed by atoms with Gasteiger partial charge in [-0.15, -0.1) is 0 Å². The number of nitrogens with zero attached hydrogens (tertiary/aromatic N) is 3. The molecule has 0 aliphatic heterocycles. The van der Waals surface area contributed by atoms with Crippen molar-refractivity contribution in [2.75, 3.05) is 33.4 Å². The van der Waals surface area contributed by atoms with E-state index in [9.17, 15) is 4.39 Å². The molecule has 0 bridgehead atoms. The Morgan fingerprint density at radius 1 is 1.11 bits per heavy atom. The summed E-state index contributed by atoms with van der Waals surface area (Å²) in [4.78, 5) is 4.22. The summed E-state index contributed by atoms with van der Waals surface area (Å²) in [7, 11) is 1.76. The molecule has 0 aliphatic carbocycles. The Bertz CT molecular complexity index is 684. The van der Waals surface area contributed by atoms with E-state index in [1.165, 1.54) is 12.1 Å². The molecule has 1 heterocycles. The lowest BCUT2D eigenvalue weighted by atomic mass is 10.3. The van der Waals surface area contributed by atoms with Crippen LogP contribution in [0.1, 0.15) is 31.9 Å². The number of unbranched alkanes of at least 4 members (excludes halogenated alkanes) is 1. The summed E-state index contributed by atoms with van der Waals surface area (Å²) in [6.45, 7) is 5.32. The Morgan fingerprint density at radius 3 is 2.59 bits per heavy atom. The molecule has 148 valence electrons. The molecule has 27 heavy (non-hydrogen) atoms. The Balaban J connectivity index is 1.65. The molecule has 0 aliphatic rings. The molecule has 6 nitrogen and oxygen atoms in total. The first-order chi connectivity index (χ1) is 13.2. The van der Waals surface area contributed by atoms with E-state index >= 15 is 0 Å². The van der Waals surface area contributed by atoms with Crippen molar-refractivity contribution in [1.29, 1.82) is 0 Å². The molecule has 2 rings (SSSR count). The molecule has 0 saturated carbocycles. The van der Waals surface area contributed by atoms with Crippen LogP contribution < -0.4 is 10.6 Å². The average molecular weight is 375 g/mol. The molecule has 7 heteroatoms. The highest BCUT2D eigenvalue weighted by molar-refractivity contribution is 5.79. The van der Waals surface area contributed by atoms with Crippen molar-refractivity contribution in [2.45, 2.75) is 32.6 Å². The fraction of sp³-hybridized carbons (Fsp3) is 0.500. The van der Waals surface area contributed by atoms with E-state index in [2.05, 4.69) is 27.6 Å². The number of ether oxygens (including phenoxy) is 1. The third-order valence-corrected chi connectivity index (χ3v) is 4.03. The van der Waals surface area contributed by atoms with Crippen molar-refractivity contribution in [3.8, 4) is 5.69 Å². The van der Waals surface area contributed by atoms with Gasteiger partial charge in [0.15, 0.2) is 5.96 Å². The maximum absolute atomic E-state index is 13.0. The molecular weight excluding hydrogens is 345 g/mol. The van der Waals surface area contributed by atoms with E-state index in [4.69, 9.17) is 4.74 Å². The minimum absolute atomic E-state index is 0.248. The minimum atomic E-state index is -0.248. The normalized spacial score (nSPS) is 11.6. The number of aliphatic imine (C=N–C) groups is 1. The summed E-state index contributed by atoms with van der Waals surface area (Å²) in [5.74, 6) is 0.531. The summed E-state index contributed by atoms with van der Waals surface area (Å²) >= 11 is 0. The molecule has 0 fully saturated rings. The van der Waals surface area contributed by atoms with Crippen LogP contribution in [0.25, 0.3) is 5.69 Å². The zero-order chi connectivity index (χ0) is 19.3. The van der Waals surface area contributed by atoms with E-state index in [1.54, 1.807) is 23.9 Å². The van der Waals surface area contributed by atoms with Crippen molar-refractivity contribution in [1.82, 2.24) is 20.4 Å². The fourth-order valence-electron chi connectivity index (χ4n) is 2.49. The van der Waals surface area contributed by atoms with Crippen LogP contribution in [0.2, 0.25) is 0 Å². The number of hydrogen-bond acceptors (Lipinski definition) is 3. The lowest BCUT2D eigenvalue weighted by Gasteiger charge is -2.11. The van der Waals surface area contributed by atoms with Crippen molar-refractivity contribution in [3.63, 3.8) is 0 Å². The average Bonchev–Trinajstić information content (AvgIpc) is 3.15. The van der Waals surface area contributed by atoms with Crippen molar-refractivity contribution < 1.29 is 9.13 Å². The number of hydrogen-bond donors (Lipinski definition) is 2. The Hall–Kier alpha value is -2.41. The van der Waals surface area contributed by atoms with Gasteiger partial charge in [0.25, 0.3) is 0 Å². The van der Waals surface area contributed by atoms with Gasteiger partial charge in [-0.3, -0.25) is 4.99 Å². The molecule has 0 unspecified atom stereocenters. The SMILES string of the molecule is CCCCOCCCNC(=NC)NCCc1ccn(-c2ccc(F)cc2)n1. The predicted molar refractivity (Wildman–Crippen MR) is 107 cm³/mol. The van der Waals surface area contributed by atoms with Crippen LogP contribution in [0.15, 0.2) is 41.5 Å². The van der Waals surface area contributed by atoms with Crippen molar-refractivity contribution >= 4 is 5.96 Å². The molecule has 0 spiro atoms. The van der Waals surface area contributed by atoms with Gasteiger partial charge in [0, 0.05) is 46.0 Å². The van der Waals surface area contributed by atoms with Crippen LogP contribution in [0.5, 0.6) is 0 Å². The fourth-order valence-corrected chi connectivity index (χ4v) is 2.49. The first kappa shape index (κ1) is 20.9. The molecule has 0 atom stereocenters. The van der Waals surface area contributed by atoms with E-state index in [-0.39, 0.29) is 5.82 Å². The van der Waals surface area contributed by atoms with E-state index in [1.807, 2.05) is 12.3 Å². The van der Waals surface area contributed by atoms with E-state index < -0.39 is 0 Å². The van der Waals surface area contributed by atoms with Crippen LogP contribution in [-0.2, 0) is 11.2 Å².